The lowest BCUT2D eigenvalue weighted by Crippen LogP contribution is -2.41. The zero-order valence-corrected chi connectivity index (χ0v) is 12.7. The number of hydrogen-bond donors (Lipinski definition) is 1. The Morgan fingerprint density at radius 2 is 1.61 bits per heavy atom. The van der Waals surface area contributed by atoms with E-state index < -0.39 is 0 Å². The van der Waals surface area contributed by atoms with Crippen LogP contribution >= 0.6 is 0 Å². The van der Waals surface area contributed by atoms with E-state index in [-0.39, 0.29) is 12.7 Å². The van der Waals surface area contributed by atoms with Crippen molar-refractivity contribution in [2.45, 2.75) is 64.9 Å². The molecule has 0 spiro atoms. The maximum atomic E-state index is 8.66. The molecule has 1 fully saturated rings. The number of rotatable bonds is 7. The van der Waals surface area contributed by atoms with Crippen LogP contribution in [0.2, 0.25) is 0 Å². The summed E-state index contributed by atoms with van der Waals surface area (Å²) in [6.45, 7) is 7.26. The summed E-state index contributed by atoms with van der Waals surface area (Å²) in [5.41, 5.74) is 0. The number of likely N-dealkylation sites (N-methyl/N-ethyl adjacent to an activating group) is 1. The highest BCUT2D eigenvalue weighted by atomic mass is 16.5. The molecule has 0 aliphatic carbocycles. The number of unbranched alkanes of at least 4 members (excludes halogenated alkanes) is 6. The molecule has 0 bridgehead atoms. The van der Waals surface area contributed by atoms with Gasteiger partial charge in [0.1, 0.15) is 0 Å². The molecule has 110 valence electrons. The zero-order valence-electron chi connectivity index (χ0n) is 12.7. The van der Waals surface area contributed by atoms with E-state index in [4.69, 9.17) is 9.84 Å². The van der Waals surface area contributed by atoms with Gasteiger partial charge in [-0.25, -0.2) is 0 Å². The van der Waals surface area contributed by atoms with Crippen LogP contribution in [-0.2, 0) is 4.74 Å². The topological polar surface area (TPSA) is 32.7 Å². The van der Waals surface area contributed by atoms with E-state index in [2.05, 4.69) is 18.7 Å². The Hall–Kier alpha value is -0.120. The third-order valence-corrected chi connectivity index (χ3v) is 3.25. The molecule has 1 aliphatic heterocycles. The summed E-state index contributed by atoms with van der Waals surface area (Å²) >= 11 is 0. The van der Waals surface area contributed by atoms with E-state index in [0.717, 1.165) is 19.7 Å². The number of hydrogen-bond acceptors (Lipinski definition) is 3. The average molecular weight is 259 g/mol. The van der Waals surface area contributed by atoms with Crippen LogP contribution in [0.3, 0.4) is 0 Å². The second kappa shape index (κ2) is 13.3. The highest BCUT2D eigenvalue weighted by Gasteiger charge is 2.15. The summed E-state index contributed by atoms with van der Waals surface area (Å²) in [6.07, 6.45) is 10.0. The number of aliphatic hydroxyl groups is 1. The van der Waals surface area contributed by atoms with Crippen molar-refractivity contribution in [3.63, 3.8) is 0 Å². The van der Waals surface area contributed by atoms with Crippen molar-refractivity contribution in [3.05, 3.63) is 0 Å². The van der Waals surface area contributed by atoms with Gasteiger partial charge in [-0.3, -0.25) is 0 Å². The molecule has 0 aromatic rings. The Morgan fingerprint density at radius 1 is 1.06 bits per heavy atom. The SMILES string of the molecule is CCCCCCCCC.CN1CCOC(CO)C1. The van der Waals surface area contributed by atoms with E-state index in [1.807, 2.05) is 7.05 Å². The Labute approximate surface area is 114 Å². The minimum Gasteiger partial charge on any atom is -0.394 e. The highest BCUT2D eigenvalue weighted by molar-refractivity contribution is 4.66. The Bertz CT molecular complexity index is 159. The van der Waals surface area contributed by atoms with Crippen molar-refractivity contribution in [3.8, 4) is 0 Å². The predicted molar refractivity (Wildman–Crippen MR) is 78.0 cm³/mol. The smallest absolute Gasteiger partial charge is 0.0932 e. The summed E-state index contributed by atoms with van der Waals surface area (Å²) in [5, 5.41) is 8.66. The molecule has 1 rings (SSSR count). The van der Waals surface area contributed by atoms with Gasteiger partial charge in [0.25, 0.3) is 0 Å². The summed E-state index contributed by atoms with van der Waals surface area (Å²) in [4.78, 5) is 2.16. The first kappa shape index (κ1) is 17.9. The molecule has 0 radical (unpaired) electrons. The van der Waals surface area contributed by atoms with Crippen LogP contribution in [0, 0.1) is 0 Å². The van der Waals surface area contributed by atoms with Gasteiger partial charge in [0, 0.05) is 13.1 Å². The van der Waals surface area contributed by atoms with Crippen molar-refractivity contribution in [2.75, 3.05) is 33.4 Å². The lowest BCUT2D eigenvalue weighted by atomic mass is 10.1. The molecule has 1 N–H and O–H groups in total. The van der Waals surface area contributed by atoms with E-state index in [0.29, 0.717) is 0 Å². The monoisotopic (exact) mass is 259 g/mol. The second-order valence-corrected chi connectivity index (χ2v) is 5.21. The molecule has 0 aromatic heterocycles. The van der Waals surface area contributed by atoms with Crippen molar-refractivity contribution in [2.24, 2.45) is 0 Å². The van der Waals surface area contributed by atoms with Crippen LogP contribution in [0.4, 0.5) is 0 Å². The number of morpholine rings is 1. The molecule has 0 aromatic carbocycles. The van der Waals surface area contributed by atoms with Gasteiger partial charge < -0.3 is 14.7 Å². The molecule has 3 nitrogen and oxygen atoms in total. The van der Waals surface area contributed by atoms with Crippen LogP contribution < -0.4 is 0 Å². The Kier molecular flexibility index (Phi) is 13.2. The van der Waals surface area contributed by atoms with Crippen molar-refractivity contribution in [1.82, 2.24) is 4.90 Å². The van der Waals surface area contributed by atoms with Gasteiger partial charge >= 0.3 is 0 Å². The van der Waals surface area contributed by atoms with Gasteiger partial charge in [0.15, 0.2) is 0 Å². The molecule has 1 heterocycles. The minimum absolute atomic E-state index is 0.0451. The van der Waals surface area contributed by atoms with Gasteiger partial charge in [0.05, 0.1) is 19.3 Å². The van der Waals surface area contributed by atoms with Crippen LogP contribution in [0.25, 0.3) is 0 Å². The van der Waals surface area contributed by atoms with Crippen molar-refractivity contribution < 1.29 is 9.84 Å². The fourth-order valence-corrected chi connectivity index (χ4v) is 2.01. The molecule has 18 heavy (non-hydrogen) atoms. The van der Waals surface area contributed by atoms with Crippen LogP contribution in [-0.4, -0.2) is 49.5 Å². The first-order chi connectivity index (χ1) is 8.74. The van der Waals surface area contributed by atoms with Crippen molar-refractivity contribution >= 4 is 0 Å². The zero-order chi connectivity index (χ0) is 13.6. The third-order valence-electron chi connectivity index (χ3n) is 3.25. The molecule has 0 saturated carbocycles. The average Bonchev–Trinajstić information content (AvgIpc) is 2.39. The first-order valence-electron chi connectivity index (χ1n) is 7.65. The van der Waals surface area contributed by atoms with Gasteiger partial charge in [-0.1, -0.05) is 58.8 Å². The largest absolute Gasteiger partial charge is 0.394 e. The fourth-order valence-electron chi connectivity index (χ4n) is 2.01. The maximum absolute atomic E-state index is 8.66. The van der Waals surface area contributed by atoms with Crippen LogP contribution in [0.15, 0.2) is 0 Å². The number of aliphatic hydroxyl groups excluding tert-OH is 1. The molecular weight excluding hydrogens is 226 g/mol. The van der Waals surface area contributed by atoms with Gasteiger partial charge in [0.2, 0.25) is 0 Å². The van der Waals surface area contributed by atoms with Gasteiger partial charge in [-0.05, 0) is 7.05 Å². The quantitative estimate of drug-likeness (QED) is 0.713. The molecule has 1 atom stereocenters. The van der Waals surface area contributed by atoms with E-state index >= 15 is 0 Å². The fraction of sp³-hybridized carbons (Fsp3) is 1.00. The Balaban J connectivity index is 0.000000321. The summed E-state index contributed by atoms with van der Waals surface area (Å²) in [7, 11) is 2.03. The summed E-state index contributed by atoms with van der Waals surface area (Å²) < 4.78 is 5.21. The lowest BCUT2D eigenvalue weighted by molar-refractivity contribution is -0.0453. The second-order valence-electron chi connectivity index (χ2n) is 5.21. The molecule has 0 amide bonds. The molecule has 1 aliphatic rings. The maximum Gasteiger partial charge on any atom is 0.0932 e. The molecule has 1 saturated heterocycles. The van der Waals surface area contributed by atoms with E-state index in [1.54, 1.807) is 0 Å². The molecule has 3 heteroatoms. The van der Waals surface area contributed by atoms with Crippen LogP contribution in [0.5, 0.6) is 0 Å². The number of ether oxygens (including phenoxy) is 1. The number of nitrogens with zero attached hydrogens (tertiary/aromatic N) is 1. The molecule has 1 unspecified atom stereocenters. The highest BCUT2D eigenvalue weighted by Crippen LogP contribution is 2.05. The third kappa shape index (κ3) is 11.0. The first-order valence-corrected chi connectivity index (χ1v) is 7.65. The Morgan fingerprint density at radius 3 is 2.00 bits per heavy atom. The normalized spacial score (nSPS) is 20.3. The molecular formula is C15H33NO2. The van der Waals surface area contributed by atoms with Gasteiger partial charge in [-0.15, -0.1) is 0 Å². The summed E-state index contributed by atoms with van der Waals surface area (Å²) in [6, 6.07) is 0. The van der Waals surface area contributed by atoms with Crippen molar-refractivity contribution in [1.29, 1.82) is 0 Å². The summed E-state index contributed by atoms with van der Waals surface area (Å²) in [5.74, 6) is 0. The van der Waals surface area contributed by atoms with E-state index in [1.165, 1.54) is 44.9 Å². The predicted octanol–water partition coefficient (Wildman–Crippen LogP) is 3.07. The standard InChI is InChI=1S/C9H20.C6H13NO2/c1-3-5-7-9-8-6-4-2;1-7-2-3-9-6(4-7)5-8/h3-9H2,1-2H3;6,8H,2-5H2,1H3. The van der Waals surface area contributed by atoms with E-state index in [9.17, 15) is 0 Å². The van der Waals surface area contributed by atoms with Gasteiger partial charge in [-0.2, -0.15) is 0 Å². The minimum atomic E-state index is 0.0451. The van der Waals surface area contributed by atoms with Crippen LogP contribution in [0.1, 0.15) is 58.8 Å². The lowest BCUT2D eigenvalue weighted by Gasteiger charge is -2.28.